The van der Waals surface area contributed by atoms with E-state index in [0.29, 0.717) is 0 Å². The first-order valence-electron chi connectivity index (χ1n) is 10.3. The Morgan fingerprint density at radius 3 is 2.36 bits per heavy atom. The molecular formula is C23H28FN3O. The number of para-hydroxylation sites is 1. The van der Waals surface area contributed by atoms with Crippen molar-refractivity contribution in [2.75, 3.05) is 44.2 Å². The Morgan fingerprint density at radius 1 is 0.821 bits per heavy atom. The fraction of sp³-hybridized carbons (Fsp3) is 0.435. The summed E-state index contributed by atoms with van der Waals surface area (Å²) in [5, 5.41) is 0. The molecular weight excluding hydrogens is 353 g/mol. The van der Waals surface area contributed by atoms with Crippen molar-refractivity contribution >= 4 is 11.6 Å². The van der Waals surface area contributed by atoms with E-state index in [9.17, 15) is 9.18 Å². The topological polar surface area (TPSA) is 26.8 Å². The van der Waals surface area contributed by atoms with Crippen molar-refractivity contribution in [3.05, 3.63) is 65.5 Å². The lowest BCUT2D eigenvalue weighted by Crippen LogP contribution is -2.36. The highest BCUT2D eigenvalue weighted by molar-refractivity contribution is 5.99. The number of hydrogen-bond acceptors (Lipinski definition) is 3. The van der Waals surface area contributed by atoms with Crippen LogP contribution in [-0.4, -0.2) is 55.0 Å². The van der Waals surface area contributed by atoms with Crippen LogP contribution in [0.5, 0.6) is 0 Å². The van der Waals surface area contributed by atoms with Crippen molar-refractivity contribution in [2.45, 2.75) is 25.8 Å². The van der Waals surface area contributed by atoms with Crippen LogP contribution in [0.2, 0.25) is 0 Å². The first-order chi connectivity index (χ1) is 13.7. The number of halogens is 1. The monoisotopic (exact) mass is 381 g/mol. The van der Waals surface area contributed by atoms with E-state index in [1.165, 1.54) is 25.0 Å². The molecule has 0 aromatic heterocycles. The second-order valence-electron chi connectivity index (χ2n) is 7.76. The van der Waals surface area contributed by atoms with Gasteiger partial charge in [-0.05, 0) is 49.1 Å². The quantitative estimate of drug-likeness (QED) is 0.807. The van der Waals surface area contributed by atoms with Gasteiger partial charge in [0.2, 0.25) is 0 Å². The average Bonchev–Trinajstić information content (AvgIpc) is 3.16. The van der Waals surface area contributed by atoms with Crippen molar-refractivity contribution in [1.29, 1.82) is 0 Å². The first-order valence-corrected chi connectivity index (χ1v) is 10.3. The number of carbonyl (C=O) groups excluding carboxylic acids is 1. The predicted molar refractivity (Wildman–Crippen MR) is 110 cm³/mol. The molecule has 5 heteroatoms. The van der Waals surface area contributed by atoms with Gasteiger partial charge < -0.3 is 9.80 Å². The number of nitrogens with zero attached hydrogens (tertiary/aromatic N) is 3. The third-order valence-corrected chi connectivity index (χ3v) is 5.78. The van der Waals surface area contributed by atoms with Crippen molar-refractivity contribution in [3.8, 4) is 0 Å². The molecule has 0 bridgehead atoms. The third kappa shape index (κ3) is 4.36. The Labute approximate surface area is 166 Å². The number of amides is 1. The Morgan fingerprint density at radius 2 is 1.57 bits per heavy atom. The number of rotatable bonds is 4. The van der Waals surface area contributed by atoms with Gasteiger partial charge in [-0.2, -0.15) is 0 Å². The minimum atomic E-state index is -0.201. The van der Waals surface area contributed by atoms with Crippen LogP contribution >= 0.6 is 0 Å². The number of carbonyl (C=O) groups is 1. The van der Waals surface area contributed by atoms with Crippen LogP contribution in [0.3, 0.4) is 0 Å². The molecule has 0 saturated carbocycles. The zero-order valence-corrected chi connectivity index (χ0v) is 16.3. The molecule has 4 rings (SSSR count). The van der Waals surface area contributed by atoms with Crippen molar-refractivity contribution in [3.63, 3.8) is 0 Å². The minimum Gasteiger partial charge on any atom is -0.371 e. The van der Waals surface area contributed by atoms with Gasteiger partial charge in [0.15, 0.2) is 0 Å². The van der Waals surface area contributed by atoms with Crippen molar-refractivity contribution in [1.82, 2.24) is 9.80 Å². The second kappa shape index (κ2) is 8.74. The Kier molecular flexibility index (Phi) is 5.91. The van der Waals surface area contributed by atoms with Gasteiger partial charge in [-0.25, -0.2) is 4.39 Å². The summed E-state index contributed by atoms with van der Waals surface area (Å²) in [5.41, 5.74) is 3.02. The summed E-state index contributed by atoms with van der Waals surface area (Å²) in [6.45, 7) is 6.18. The van der Waals surface area contributed by atoms with Gasteiger partial charge in [-0.1, -0.05) is 24.3 Å². The summed E-state index contributed by atoms with van der Waals surface area (Å²) >= 11 is 0. The smallest absolute Gasteiger partial charge is 0.256 e. The molecule has 2 aliphatic heterocycles. The fourth-order valence-corrected chi connectivity index (χ4v) is 4.24. The molecule has 148 valence electrons. The van der Waals surface area contributed by atoms with Crippen LogP contribution in [0.25, 0.3) is 0 Å². The van der Waals surface area contributed by atoms with E-state index in [-0.39, 0.29) is 11.7 Å². The van der Waals surface area contributed by atoms with Gasteiger partial charge >= 0.3 is 0 Å². The SMILES string of the molecule is O=C(c1ccccc1N1CCCC1)N1CCCN(Cc2ccc(F)cc2)CC1. The number of anilines is 1. The van der Waals surface area contributed by atoms with Crippen LogP contribution in [-0.2, 0) is 6.54 Å². The van der Waals surface area contributed by atoms with Crippen LogP contribution in [0.4, 0.5) is 10.1 Å². The molecule has 0 atom stereocenters. The molecule has 0 spiro atoms. The average molecular weight is 381 g/mol. The van der Waals surface area contributed by atoms with E-state index in [1.807, 2.05) is 35.2 Å². The van der Waals surface area contributed by atoms with Crippen molar-refractivity contribution < 1.29 is 9.18 Å². The van der Waals surface area contributed by atoms with Crippen molar-refractivity contribution in [2.24, 2.45) is 0 Å². The highest BCUT2D eigenvalue weighted by Crippen LogP contribution is 2.26. The standard InChI is InChI=1S/C23H28FN3O/c24-20-10-8-19(9-11-20)18-25-12-5-15-27(17-16-25)23(28)21-6-1-2-7-22(21)26-13-3-4-14-26/h1-2,6-11H,3-5,12-18H2. The van der Waals surface area contributed by atoms with E-state index in [0.717, 1.165) is 69.0 Å². The summed E-state index contributed by atoms with van der Waals surface area (Å²) < 4.78 is 13.1. The summed E-state index contributed by atoms with van der Waals surface area (Å²) in [6.07, 6.45) is 3.36. The third-order valence-electron chi connectivity index (χ3n) is 5.78. The van der Waals surface area contributed by atoms with E-state index >= 15 is 0 Å². The zero-order valence-electron chi connectivity index (χ0n) is 16.3. The van der Waals surface area contributed by atoms with Gasteiger partial charge in [0.25, 0.3) is 5.91 Å². The maximum absolute atomic E-state index is 13.3. The molecule has 2 aliphatic rings. The molecule has 0 N–H and O–H groups in total. The Balaban J connectivity index is 1.41. The van der Waals surface area contributed by atoms with E-state index in [1.54, 1.807) is 0 Å². The van der Waals surface area contributed by atoms with E-state index < -0.39 is 0 Å². The largest absolute Gasteiger partial charge is 0.371 e. The van der Waals surface area contributed by atoms with Crippen LogP contribution < -0.4 is 4.90 Å². The zero-order chi connectivity index (χ0) is 19.3. The lowest BCUT2D eigenvalue weighted by atomic mass is 10.1. The van der Waals surface area contributed by atoms with E-state index in [2.05, 4.69) is 15.9 Å². The minimum absolute atomic E-state index is 0.145. The molecule has 2 fully saturated rings. The van der Waals surface area contributed by atoms with Gasteiger partial charge in [-0.3, -0.25) is 9.69 Å². The molecule has 2 saturated heterocycles. The Hall–Kier alpha value is -2.40. The number of benzene rings is 2. The highest BCUT2D eigenvalue weighted by Gasteiger charge is 2.24. The lowest BCUT2D eigenvalue weighted by molar-refractivity contribution is 0.0761. The van der Waals surface area contributed by atoms with Gasteiger partial charge in [0, 0.05) is 51.5 Å². The molecule has 2 aromatic rings. The molecule has 28 heavy (non-hydrogen) atoms. The van der Waals surface area contributed by atoms with Gasteiger partial charge in [-0.15, -0.1) is 0 Å². The van der Waals surface area contributed by atoms with Crippen LogP contribution in [0, 0.1) is 5.82 Å². The molecule has 1 amide bonds. The van der Waals surface area contributed by atoms with Gasteiger partial charge in [0.05, 0.1) is 5.56 Å². The molecule has 0 unspecified atom stereocenters. The summed E-state index contributed by atoms with van der Waals surface area (Å²) in [6, 6.07) is 14.7. The van der Waals surface area contributed by atoms with Crippen LogP contribution in [0.1, 0.15) is 35.2 Å². The molecule has 2 aromatic carbocycles. The first kappa shape index (κ1) is 18.9. The Bertz CT molecular complexity index is 802. The van der Waals surface area contributed by atoms with Crippen LogP contribution in [0.15, 0.2) is 48.5 Å². The van der Waals surface area contributed by atoms with E-state index in [4.69, 9.17) is 0 Å². The molecule has 0 radical (unpaired) electrons. The second-order valence-corrected chi connectivity index (χ2v) is 7.76. The molecule has 2 heterocycles. The summed E-state index contributed by atoms with van der Waals surface area (Å²) in [7, 11) is 0. The maximum atomic E-state index is 13.3. The fourth-order valence-electron chi connectivity index (χ4n) is 4.24. The summed E-state index contributed by atoms with van der Waals surface area (Å²) in [4.78, 5) is 20.0. The number of hydrogen-bond donors (Lipinski definition) is 0. The maximum Gasteiger partial charge on any atom is 0.256 e. The molecule has 0 aliphatic carbocycles. The normalized spacial score (nSPS) is 18.3. The van der Waals surface area contributed by atoms with Gasteiger partial charge in [0.1, 0.15) is 5.82 Å². The predicted octanol–water partition coefficient (Wildman–Crippen LogP) is 3.77. The summed E-state index contributed by atoms with van der Waals surface area (Å²) in [5.74, 6) is -0.0563. The highest BCUT2D eigenvalue weighted by atomic mass is 19.1. The molecule has 4 nitrogen and oxygen atoms in total. The lowest BCUT2D eigenvalue weighted by Gasteiger charge is -2.26.